The van der Waals surface area contributed by atoms with E-state index in [-0.39, 0.29) is 0 Å². The van der Waals surface area contributed by atoms with Crippen molar-refractivity contribution in [2.24, 2.45) is 5.41 Å². The highest BCUT2D eigenvalue weighted by molar-refractivity contribution is 5.75. The zero-order valence-corrected chi connectivity index (χ0v) is 21.0. The highest BCUT2D eigenvalue weighted by Crippen LogP contribution is 2.49. The van der Waals surface area contributed by atoms with Crippen LogP contribution in [-0.4, -0.2) is 70.0 Å². The molecule has 4 heterocycles. The Bertz CT molecular complexity index is 794. The number of aromatic nitrogens is 2. The summed E-state index contributed by atoms with van der Waals surface area (Å²) < 4.78 is 0. The van der Waals surface area contributed by atoms with E-state index in [0.717, 1.165) is 32.1 Å². The van der Waals surface area contributed by atoms with Crippen LogP contribution in [0.2, 0.25) is 0 Å². The third-order valence-electron chi connectivity index (χ3n) is 9.61. The highest BCUT2D eigenvalue weighted by Gasteiger charge is 2.42. The van der Waals surface area contributed by atoms with Crippen molar-refractivity contribution in [2.45, 2.75) is 109 Å². The lowest BCUT2D eigenvalue weighted by atomic mass is 9.64. The molecule has 1 aromatic heterocycles. The Morgan fingerprint density at radius 3 is 2.15 bits per heavy atom. The minimum absolute atomic E-state index is 0.325. The molecule has 1 spiro atoms. The van der Waals surface area contributed by atoms with Crippen LogP contribution in [0.5, 0.6) is 0 Å². The van der Waals surface area contributed by atoms with Gasteiger partial charge in [0.1, 0.15) is 0 Å². The molecular formula is C27H43N5O. The van der Waals surface area contributed by atoms with Gasteiger partial charge in [-0.2, -0.15) is 0 Å². The molecule has 3 unspecified atom stereocenters. The molecule has 3 saturated heterocycles. The lowest BCUT2D eigenvalue weighted by Crippen LogP contribution is -2.56. The predicted octanol–water partition coefficient (Wildman–Crippen LogP) is 4.60. The summed E-state index contributed by atoms with van der Waals surface area (Å²) in [5.41, 5.74) is 1.80. The number of carbonyl (C=O) groups is 1. The summed E-state index contributed by atoms with van der Waals surface area (Å²) in [7, 11) is 0. The van der Waals surface area contributed by atoms with Gasteiger partial charge in [0.2, 0.25) is 11.9 Å². The number of piperidine rings is 1. The summed E-state index contributed by atoms with van der Waals surface area (Å²) in [6, 6.07) is 1.82. The van der Waals surface area contributed by atoms with Gasteiger partial charge in [0.05, 0.1) is 0 Å². The maximum absolute atomic E-state index is 12.0. The molecule has 1 aromatic rings. The molecule has 0 N–H and O–H groups in total. The second kappa shape index (κ2) is 9.52. The summed E-state index contributed by atoms with van der Waals surface area (Å²) in [6.45, 7) is 10.9. The molecule has 3 atom stereocenters. The van der Waals surface area contributed by atoms with Crippen molar-refractivity contribution >= 4 is 11.9 Å². The van der Waals surface area contributed by atoms with E-state index in [9.17, 15) is 4.79 Å². The SMILES string of the molecule is CCC(=O)N1CCC2(CCC(c3cnc(N4C5CCC4CN(C(C)CC)C5)nc3)CC2)CC1. The summed E-state index contributed by atoms with van der Waals surface area (Å²) in [5.74, 6) is 1.87. The van der Waals surface area contributed by atoms with Gasteiger partial charge in [0.15, 0.2) is 0 Å². The normalized spacial score (nSPS) is 28.9. The summed E-state index contributed by atoms with van der Waals surface area (Å²) in [6.07, 6.45) is 16.1. The molecular weight excluding hydrogens is 410 g/mol. The number of likely N-dealkylation sites (tertiary alicyclic amines) is 2. The maximum atomic E-state index is 12.0. The van der Waals surface area contributed by atoms with E-state index in [1.807, 2.05) is 6.92 Å². The van der Waals surface area contributed by atoms with E-state index in [1.165, 1.54) is 63.4 Å². The maximum Gasteiger partial charge on any atom is 0.225 e. The quantitative estimate of drug-likeness (QED) is 0.652. The van der Waals surface area contributed by atoms with Crippen molar-refractivity contribution in [2.75, 3.05) is 31.1 Å². The number of piperazine rings is 1. The number of nitrogens with zero attached hydrogens (tertiary/aromatic N) is 5. The molecule has 5 rings (SSSR count). The Morgan fingerprint density at radius 1 is 1.00 bits per heavy atom. The number of rotatable bonds is 5. The van der Waals surface area contributed by atoms with Crippen LogP contribution in [0.1, 0.15) is 96.5 Å². The molecule has 3 aliphatic heterocycles. The Kier molecular flexibility index (Phi) is 6.65. The Balaban J connectivity index is 1.17. The molecule has 4 aliphatic rings. The molecule has 6 heteroatoms. The third kappa shape index (κ3) is 4.52. The topological polar surface area (TPSA) is 52.6 Å². The van der Waals surface area contributed by atoms with Crippen LogP contribution in [0.15, 0.2) is 12.4 Å². The summed E-state index contributed by atoms with van der Waals surface area (Å²) in [5, 5.41) is 0. The van der Waals surface area contributed by atoms with E-state index in [1.54, 1.807) is 0 Å². The first-order chi connectivity index (χ1) is 16.0. The number of anilines is 1. The first-order valence-electron chi connectivity index (χ1n) is 13.6. The Morgan fingerprint density at radius 2 is 1.61 bits per heavy atom. The second-order valence-electron chi connectivity index (χ2n) is 11.3. The molecule has 0 aromatic carbocycles. The van der Waals surface area contributed by atoms with Crippen LogP contribution < -0.4 is 4.90 Å². The number of carbonyl (C=O) groups excluding carboxylic acids is 1. The van der Waals surface area contributed by atoms with Gasteiger partial charge in [-0.15, -0.1) is 0 Å². The van der Waals surface area contributed by atoms with Crippen molar-refractivity contribution < 1.29 is 4.79 Å². The fourth-order valence-corrected chi connectivity index (χ4v) is 7.07. The Hall–Kier alpha value is -1.69. The second-order valence-corrected chi connectivity index (χ2v) is 11.3. The van der Waals surface area contributed by atoms with Crippen LogP contribution in [0.25, 0.3) is 0 Å². The lowest BCUT2D eigenvalue weighted by molar-refractivity contribution is -0.133. The van der Waals surface area contributed by atoms with Gasteiger partial charge in [-0.3, -0.25) is 9.69 Å². The Labute approximate surface area is 200 Å². The van der Waals surface area contributed by atoms with Crippen molar-refractivity contribution in [1.29, 1.82) is 0 Å². The van der Waals surface area contributed by atoms with E-state index < -0.39 is 0 Å². The van der Waals surface area contributed by atoms with Gasteiger partial charge in [-0.25, -0.2) is 9.97 Å². The minimum atomic E-state index is 0.325. The van der Waals surface area contributed by atoms with Gasteiger partial charge >= 0.3 is 0 Å². The fourth-order valence-electron chi connectivity index (χ4n) is 7.07. The molecule has 4 fully saturated rings. The van der Waals surface area contributed by atoms with Crippen molar-refractivity contribution in [3.63, 3.8) is 0 Å². The fraction of sp³-hybridized carbons (Fsp3) is 0.815. The van der Waals surface area contributed by atoms with E-state index >= 15 is 0 Å². The van der Waals surface area contributed by atoms with Gasteiger partial charge in [0.25, 0.3) is 0 Å². The van der Waals surface area contributed by atoms with Crippen LogP contribution in [-0.2, 0) is 4.79 Å². The zero-order chi connectivity index (χ0) is 23.0. The van der Waals surface area contributed by atoms with Crippen molar-refractivity contribution in [1.82, 2.24) is 19.8 Å². The van der Waals surface area contributed by atoms with E-state index in [4.69, 9.17) is 9.97 Å². The first kappa shape index (κ1) is 23.1. The minimum Gasteiger partial charge on any atom is -0.343 e. The van der Waals surface area contributed by atoms with Crippen LogP contribution in [0.4, 0.5) is 5.95 Å². The van der Waals surface area contributed by atoms with Crippen molar-refractivity contribution in [3.05, 3.63) is 18.0 Å². The van der Waals surface area contributed by atoms with Gasteiger partial charge in [-0.05, 0) is 81.6 Å². The average Bonchev–Trinajstić information content (AvgIpc) is 3.13. The number of hydrogen-bond donors (Lipinski definition) is 0. The summed E-state index contributed by atoms with van der Waals surface area (Å²) >= 11 is 0. The van der Waals surface area contributed by atoms with Crippen LogP contribution >= 0.6 is 0 Å². The molecule has 0 radical (unpaired) electrons. The monoisotopic (exact) mass is 453 g/mol. The van der Waals surface area contributed by atoms with Crippen LogP contribution in [0, 0.1) is 5.41 Å². The number of hydrogen-bond acceptors (Lipinski definition) is 5. The third-order valence-corrected chi connectivity index (χ3v) is 9.61. The molecule has 6 nitrogen and oxygen atoms in total. The molecule has 2 bridgehead atoms. The molecule has 33 heavy (non-hydrogen) atoms. The smallest absolute Gasteiger partial charge is 0.225 e. The van der Waals surface area contributed by atoms with Gasteiger partial charge < -0.3 is 9.80 Å². The van der Waals surface area contributed by atoms with E-state index in [0.29, 0.717) is 41.8 Å². The molecule has 1 saturated carbocycles. The van der Waals surface area contributed by atoms with E-state index in [2.05, 4.69) is 40.9 Å². The number of amides is 1. The molecule has 1 aliphatic carbocycles. The molecule has 1 amide bonds. The number of fused-ring (bicyclic) bond motifs is 2. The summed E-state index contributed by atoms with van der Waals surface area (Å²) in [4.78, 5) is 29.1. The largest absolute Gasteiger partial charge is 0.343 e. The van der Waals surface area contributed by atoms with Gasteiger partial charge in [-0.1, -0.05) is 13.8 Å². The standard InChI is InChI=1S/C27H43N5O/c1-4-20(3)31-18-23-6-7-24(19-31)32(23)26-28-16-22(17-29-26)21-8-10-27(11-9-21)12-14-30(15-13-27)25(33)5-2/h16-17,20-21,23-24H,4-15,18-19H2,1-3H3. The molecule has 182 valence electrons. The average molecular weight is 454 g/mol. The van der Waals surface area contributed by atoms with Crippen molar-refractivity contribution in [3.8, 4) is 0 Å². The first-order valence-corrected chi connectivity index (χ1v) is 13.6. The van der Waals surface area contributed by atoms with Crippen LogP contribution in [0.3, 0.4) is 0 Å². The van der Waals surface area contributed by atoms with Gasteiger partial charge in [0, 0.05) is 63.1 Å². The lowest BCUT2D eigenvalue weighted by Gasteiger charge is -2.46. The predicted molar refractivity (Wildman–Crippen MR) is 132 cm³/mol. The zero-order valence-electron chi connectivity index (χ0n) is 21.0. The highest BCUT2D eigenvalue weighted by atomic mass is 16.2.